The molecule has 0 aromatic heterocycles. The van der Waals surface area contributed by atoms with Gasteiger partial charge in [-0.1, -0.05) is 20.8 Å². The maximum Gasteiger partial charge on any atom is 0.225 e. The number of carbonyl (C=O) groups is 1. The highest BCUT2D eigenvalue weighted by Gasteiger charge is 2.21. The highest BCUT2D eigenvalue weighted by molar-refractivity contribution is 5.81. The third-order valence-corrected chi connectivity index (χ3v) is 2.04. The predicted molar refractivity (Wildman–Crippen MR) is 52.8 cm³/mol. The van der Waals surface area contributed by atoms with Gasteiger partial charge in [0, 0.05) is 18.4 Å². The van der Waals surface area contributed by atoms with Crippen LogP contribution < -0.4 is 5.32 Å². The van der Waals surface area contributed by atoms with Gasteiger partial charge in [-0.2, -0.15) is 0 Å². The lowest BCUT2D eigenvalue weighted by Crippen LogP contribution is -2.36. The molecule has 4 nitrogen and oxygen atoms in total. The standard InChI is InChI=1S/C10H19NO3/c1-10(2,3)9(12)11-5-4-8-13-6-7-14-8/h8H,4-7H2,1-3H3,(H,11,12). The van der Waals surface area contributed by atoms with Crippen LogP contribution in [0.3, 0.4) is 0 Å². The van der Waals surface area contributed by atoms with Crippen molar-refractivity contribution in [3.05, 3.63) is 0 Å². The van der Waals surface area contributed by atoms with Crippen LogP contribution in [0.2, 0.25) is 0 Å². The second-order valence-corrected chi connectivity index (χ2v) is 4.47. The van der Waals surface area contributed by atoms with Crippen molar-refractivity contribution >= 4 is 5.91 Å². The van der Waals surface area contributed by atoms with Gasteiger partial charge in [0.15, 0.2) is 6.29 Å². The Balaban J connectivity index is 2.11. The molecule has 0 aliphatic carbocycles. The Bertz CT molecular complexity index is 192. The first kappa shape index (κ1) is 11.5. The van der Waals surface area contributed by atoms with Crippen LogP contribution >= 0.6 is 0 Å². The summed E-state index contributed by atoms with van der Waals surface area (Å²) in [5, 5.41) is 2.85. The van der Waals surface area contributed by atoms with Gasteiger partial charge in [0.25, 0.3) is 0 Å². The number of rotatable bonds is 3. The van der Waals surface area contributed by atoms with E-state index in [4.69, 9.17) is 9.47 Å². The minimum atomic E-state index is -0.322. The van der Waals surface area contributed by atoms with Crippen molar-refractivity contribution < 1.29 is 14.3 Å². The van der Waals surface area contributed by atoms with Crippen LogP contribution in [0, 0.1) is 5.41 Å². The van der Waals surface area contributed by atoms with Crippen LogP contribution in [-0.2, 0) is 14.3 Å². The lowest BCUT2D eigenvalue weighted by molar-refractivity contribution is -0.128. The van der Waals surface area contributed by atoms with Gasteiger partial charge in [-0.3, -0.25) is 4.79 Å². The minimum Gasteiger partial charge on any atom is -0.355 e. The van der Waals surface area contributed by atoms with Gasteiger partial charge >= 0.3 is 0 Å². The van der Waals surface area contributed by atoms with Gasteiger partial charge in [-0.05, 0) is 0 Å². The van der Waals surface area contributed by atoms with E-state index in [-0.39, 0.29) is 17.6 Å². The molecular weight excluding hydrogens is 182 g/mol. The molecule has 14 heavy (non-hydrogen) atoms. The topological polar surface area (TPSA) is 47.6 Å². The molecule has 0 spiro atoms. The fourth-order valence-electron chi connectivity index (χ4n) is 1.14. The molecule has 1 amide bonds. The average Bonchev–Trinajstić information content (AvgIpc) is 2.55. The van der Waals surface area contributed by atoms with Crippen LogP contribution in [0.25, 0.3) is 0 Å². The summed E-state index contributed by atoms with van der Waals surface area (Å²) in [4.78, 5) is 11.4. The lowest BCUT2D eigenvalue weighted by Gasteiger charge is -2.18. The van der Waals surface area contributed by atoms with Gasteiger partial charge in [0.2, 0.25) is 5.91 Å². The third-order valence-electron chi connectivity index (χ3n) is 2.04. The van der Waals surface area contributed by atoms with E-state index in [9.17, 15) is 4.79 Å². The average molecular weight is 201 g/mol. The zero-order valence-corrected chi connectivity index (χ0v) is 9.13. The van der Waals surface area contributed by atoms with Crippen molar-refractivity contribution in [1.82, 2.24) is 5.32 Å². The Labute approximate surface area is 85.0 Å². The Hall–Kier alpha value is -0.610. The first-order chi connectivity index (χ1) is 6.50. The maximum absolute atomic E-state index is 11.4. The van der Waals surface area contributed by atoms with E-state index < -0.39 is 0 Å². The number of hydrogen-bond donors (Lipinski definition) is 1. The molecule has 1 heterocycles. The molecule has 4 heteroatoms. The summed E-state index contributed by atoms with van der Waals surface area (Å²) in [6.45, 7) is 7.62. The Morgan fingerprint density at radius 1 is 1.36 bits per heavy atom. The van der Waals surface area contributed by atoms with Crippen molar-refractivity contribution in [2.75, 3.05) is 19.8 Å². The first-order valence-corrected chi connectivity index (χ1v) is 5.01. The van der Waals surface area contributed by atoms with Crippen LogP contribution in [0.15, 0.2) is 0 Å². The van der Waals surface area contributed by atoms with Gasteiger partial charge in [0.05, 0.1) is 13.2 Å². The Morgan fingerprint density at radius 3 is 2.43 bits per heavy atom. The van der Waals surface area contributed by atoms with E-state index >= 15 is 0 Å². The molecule has 1 N–H and O–H groups in total. The van der Waals surface area contributed by atoms with Crippen LogP contribution in [-0.4, -0.2) is 32.0 Å². The molecule has 0 aromatic carbocycles. The van der Waals surface area contributed by atoms with E-state index in [1.54, 1.807) is 0 Å². The zero-order valence-electron chi connectivity index (χ0n) is 9.13. The molecule has 82 valence electrons. The Morgan fingerprint density at radius 2 is 1.93 bits per heavy atom. The molecule has 1 fully saturated rings. The van der Waals surface area contributed by atoms with Gasteiger partial charge in [-0.25, -0.2) is 0 Å². The summed E-state index contributed by atoms with van der Waals surface area (Å²) in [6, 6.07) is 0. The van der Waals surface area contributed by atoms with Crippen molar-refractivity contribution in [2.45, 2.75) is 33.5 Å². The SMILES string of the molecule is CC(C)(C)C(=O)NCCC1OCCO1. The smallest absolute Gasteiger partial charge is 0.225 e. The fraction of sp³-hybridized carbons (Fsp3) is 0.900. The molecule has 1 aliphatic rings. The van der Waals surface area contributed by atoms with E-state index in [0.29, 0.717) is 19.8 Å². The summed E-state index contributed by atoms with van der Waals surface area (Å²) in [7, 11) is 0. The van der Waals surface area contributed by atoms with Crippen molar-refractivity contribution in [3.63, 3.8) is 0 Å². The molecular formula is C10H19NO3. The number of amides is 1. The maximum atomic E-state index is 11.4. The zero-order chi connectivity index (χ0) is 10.6. The summed E-state index contributed by atoms with van der Waals surface area (Å²) in [5.74, 6) is 0.0653. The van der Waals surface area contributed by atoms with Gasteiger partial charge in [-0.15, -0.1) is 0 Å². The molecule has 1 rings (SSSR count). The Kier molecular flexibility index (Phi) is 3.89. The monoisotopic (exact) mass is 201 g/mol. The predicted octanol–water partition coefficient (Wildman–Crippen LogP) is 0.912. The van der Waals surface area contributed by atoms with Gasteiger partial charge < -0.3 is 14.8 Å². The molecule has 0 radical (unpaired) electrons. The molecule has 0 saturated carbocycles. The fourth-order valence-corrected chi connectivity index (χ4v) is 1.14. The van der Waals surface area contributed by atoms with Gasteiger partial charge in [0.1, 0.15) is 0 Å². The number of hydrogen-bond acceptors (Lipinski definition) is 3. The van der Waals surface area contributed by atoms with E-state index in [1.165, 1.54) is 0 Å². The first-order valence-electron chi connectivity index (χ1n) is 5.01. The summed E-state index contributed by atoms with van der Waals surface area (Å²) >= 11 is 0. The second kappa shape index (κ2) is 4.75. The molecule has 0 atom stereocenters. The quantitative estimate of drug-likeness (QED) is 0.738. The summed E-state index contributed by atoms with van der Waals surface area (Å²) in [6.07, 6.45) is 0.595. The number of nitrogens with one attached hydrogen (secondary N) is 1. The molecule has 1 saturated heterocycles. The van der Waals surface area contributed by atoms with Crippen LogP contribution in [0.4, 0.5) is 0 Å². The lowest BCUT2D eigenvalue weighted by atomic mass is 9.96. The summed E-state index contributed by atoms with van der Waals surface area (Å²) < 4.78 is 10.5. The van der Waals surface area contributed by atoms with Crippen LogP contribution in [0.1, 0.15) is 27.2 Å². The van der Waals surface area contributed by atoms with Crippen molar-refractivity contribution in [2.24, 2.45) is 5.41 Å². The van der Waals surface area contributed by atoms with E-state index in [2.05, 4.69) is 5.32 Å². The number of carbonyl (C=O) groups excluding carboxylic acids is 1. The second-order valence-electron chi connectivity index (χ2n) is 4.47. The van der Waals surface area contributed by atoms with Crippen LogP contribution in [0.5, 0.6) is 0 Å². The van der Waals surface area contributed by atoms with Crippen molar-refractivity contribution in [1.29, 1.82) is 0 Å². The molecule has 0 bridgehead atoms. The minimum absolute atomic E-state index is 0.0653. The normalized spacial score (nSPS) is 18.5. The largest absolute Gasteiger partial charge is 0.355 e. The number of ether oxygens (including phenoxy) is 2. The van der Waals surface area contributed by atoms with E-state index in [1.807, 2.05) is 20.8 Å². The highest BCUT2D eigenvalue weighted by atomic mass is 16.7. The summed E-state index contributed by atoms with van der Waals surface area (Å²) in [5.41, 5.74) is -0.322. The molecule has 0 unspecified atom stereocenters. The van der Waals surface area contributed by atoms with E-state index in [0.717, 1.165) is 6.42 Å². The molecule has 1 aliphatic heterocycles. The molecule has 0 aromatic rings. The van der Waals surface area contributed by atoms with Crippen molar-refractivity contribution in [3.8, 4) is 0 Å². The third kappa shape index (κ3) is 3.64. The highest BCUT2D eigenvalue weighted by Crippen LogP contribution is 2.12.